The molecular formula is C85H53ClN7+. The zero-order chi connectivity index (χ0) is 61.5. The average molecular weight is 1210 g/mol. The SMILES string of the molecule is Clc1nc2ccccc2nc1-c1ccc2c(c1)c1ccccc1n2-c1ccccc1.[C+]1=CC2=C(C=C1)c1cc3ccccc3cc1C2.c1ccc(-n2c3ccccc3c3cc(-c4nc5ccccc5nc4-n4c5ccccc5c5cc6ccccc6cc54)ccc32)cc1. The summed E-state index contributed by atoms with van der Waals surface area (Å²) in [6.07, 6.45) is 10.5. The molecule has 7 nitrogen and oxygen atoms in total. The van der Waals surface area contributed by atoms with Gasteiger partial charge in [-0.1, -0.05) is 188 Å². The largest absolute Gasteiger partial charge is 0.309 e. The van der Waals surface area contributed by atoms with Gasteiger partial charge in [-0.2, -0.15) is 0 Å². The van der Waals surface area contributed by atoms with Crippen molar-refractivity contribution in [1.82, 2.24) is 33.6 Å². The Morgan fingerprint density at radius 1 is 0.333 bits per heavy atom. The van der Waals surface area contributed by atoms with Crippen LogP contribution in [0.4, 0.5) is 0 Å². The van der Waals surface area contributed by atoms with Crippen molar-refractivity contribution in [1.29, 1.82) is 0 Å². The Morgan fingerprint density at radius 3 is 1.34 bits per heavy atom. The van der Waals surface area contributed by atoms with E-state index in [9.17, 15) is 0 Å². The van der Waals surface area contributed by atoms with Gasteiger partial charge in [0.1, 0.15) is 23.5 Å². The molecule has 0 spiro atoms. The van der Waals surface area contributed by atoms with E-state index in [-0.39, 0.29) is 0 Å². The summed E-state index contributed by atoms with van der Waals surface area (Å²) in [5.41, 5.74) is 21.7. The quantitative estimate of drug-likeness (QED) is 0.161. The van der Waals surface area contributed by atoms with E-state index in [0.717, 1.165) is 90.0 Å². The molecule has 2 aliphatic carbocycles. The third kappa shape index (κ3) is 9.17. The fraction of sp³-hybridized carbons (Fsp3) is 0.0118. The number of allylic oxidation sites excluding steroid dienone is 6. The molecule has 0 aliphatic heterocycles. The van der Waals surface area contributed by atoms with Crippen LogP contribution in [0, 0.1) is 6.08 Å². The molecule has 2 aliphatic rings. The van der Waals surface area contributed by atoms with Gasteiger partial charge in [0.2, 0.25) is 0 Å². The van der Waals surface area contributed by atoms with Crippen molar-refractivity contribution >= 4 is 126 Å². The maximum absolute atomic E-state index is 6.53. The summed E-state index contributed by atoms with van der Waals surface area (Å²) in [7, 11) is 0. The van der Waals surface area contributed by atoms with E-state index in [1.54, 1.807) is 0 Å². The lowest BCUT2D eigenvalue weighted by molar-refractivity contribution is 1.08. The molecule has 18 aromatic rings. The molecule has 0 atom stereocenters. The van der Waals surface area contributed by atoms with Gasteiger partial charge in [-0.25, -0.2) is 19.9 Å². The van der Waals surface area contributed by atoms with Crippen LogP contribution in [0.5, 0.6) is 0 Å². The molecular weight excluding hydrogens is 1150 g/mol. The fourth-order valence-electron chi connectivity index (χ4n) is 14.1. The highest BCUT2D eigenvalue weighted by Gasteiger charge is 2.27. The molecule has 0 unspecified atom stereocenters. The van der Waals surface area contributed by atoms with Crippen LogP contribution in [0.25, 0.3) is 154 Å². The van der Waals surface area contributed by atoms with E-state index < -0.39 is 0 Å². The monoisotopic (exact) mass is 1210 g/mol. The van der Waals surface area contributed by atoms with E-state index in [2.05, 4.69) is 286 Å². The van der Waals surface area contributed by atoms with Crippen molar-refractivity contribution < 1.29 is 0 Å². The standard InChI is InChI=1S/C42H26N4.C26H16ClN3.C17H11/c1-2-14-30(15-3-1)45-37-20-10-6-16-31(37)33-25-29(22-23-39(33)45)41-42(44-36-19-9-8-18-35(36)43-41)46-38-21-11-7-17-32(38)34-24-27-12-4-5-13-28(27)26-40(34)46;27-26-25(28-21-11-5-6-12-22(21)29-26)17-14-15-24-20(16-17)19-10-4-7-13-23(19)30(24)18-8-2-1-3-9-18;1-2-6-13-11-17-15(9-12(13)5-1)10-14-7-3-4-8-16(14)17/h1-26H;1-16H;1-2,4-9,11H,10H2/q;;+1. The number of benzene rings is 13. The number of halogens is 1. The van der Waals surface area contributed by atoms with Crippen LogP contribution in [0.1, 0.15) is 11.1 Å². The number of nitrogens with zero attached hydrogens (tertiary/aromatic N) is 7. The number of rotatable bonds is 5. The molecule has 0 radical (unpaired) electrons. The van der Waals surface area contributed by atoms with Gasteiger partial charge in [0.15, 0.2) is 11.0 Å². The van der Waals surface area contributed by atoms with Crippen molar-refractivity contribution in [2.24, 2.45) is 0 Å². The molecule has 0 fully saturated rings. The highest BCUT2D eigenvalue weighted by atomic mass is 35.5. The smallest absolute Gasteiger partial charge is 0.165 e. The first kappa shape index (κ1) is 53.9. The van der Waals surface area contributed by atoms with E-state index >= 15 is 0 Å². The van der Waals surface area contributed by atoms with Gasteiger partial charge < -0.3 is 9.13 Å². The molecule has 13 aromatic carbocycles. The Morgan fingerprint density at radius 2 is 0.763 bits per heavy atom. The van der Waals surface area contributed by atoms with Gasteiger partial charge in [0.05, 0.1) is 72.4 Å². The number of aromatic nitrogens is 7. The van der Waals surface area contributed by atoms with Crippen molar-refractivity contribution in [3.63, 3.8) is 0 Å². The first-order valence-corrected chi connectivity index (χ1v) is 31.7. The first-order chi connectivity index (χ1) is 46.0. The molecule has 93 heavy (non-hydrogen) atoms. The Labute approximate surface area is 540 Å². The molecule has 5 aromatic heterocycles. The van der Waals surface area contributed by atoms with Crippen LogP contribution in [-0.4, -0.2) is 33.6 Å². The van der Waals surface area contributed by atoms with Crippen molar-refractivity contribution in [3.8, 4) is 39.7 Å². The normalized spacial score (nSPS) is 12.5. The first-order valence-electron chi connectivity index (χ1n) is 31.3. The lowest BCUT2D eigenvalue weighted by atomic mass is 9.99. The number of hydrogen-bond donors (Lipinski definition) is 0. The summed E-state index contributed by atoms with van der Waals surface area (Å²) < 4.78 is 6.95. The van der Waals surface area contributed by atoms with Crippen molar-refractivity contribution in [3.05, 3.63) is 337 Å². The predicted octanol–water partition coefficient (Wildman–Crippen LogP) is 21.8. The third-order valence-electron chi connectivity index (χ3n) is 18.3. The number of fused-ring (bicyclic) bond motifs is 15. The highest BCUT2D eigenvalue weighted by Crippen LogP contribution is 2.42. The zero-order valence-corrected chi connectivity index (χ0v) is 50.9. The van der Waals surface area contributed by atoms with E-state index in [4.69, 9.17) is 26.6 Å². The summed E-state index contributed by atoms with van der Waals surface area (Å²) in [4.78, 5) is 20.0. The van der Waals surface area contributed by atoms with Gasteiger partial charge in [-0.15, -0.1) is 0 Å². The minimum Gasteiger partial charge on any atom is -0.309 e. The van der Waals surface area contributed by atoms with Crippen LogP contribution in [-0.2, 0) is 6.42 Å². The highest BCUT2D eigenvalue weighted by molar-refractivity contribution is 6.32. The molecule has 0 N–H and O–H groups in total. The fourth-order valence-corrected chi connectivity index (χ4v) is 14.3. The van der Waals surface area contributed by atoms with Crippen LogP contribution in [0.15, 0.2) is 315 Å². The second-order valence-corrected chi connectivity index (χ2v) is 24.1. The Bertz CT molecular complexity index is 6170. The van der Waals surface area contributed by atoms with Gasteiger partial charge in [-0.3, -0.25) is 4.57 Å². The summed E-state index contributed by atoms with van der Waals surface area (Å²) >= 11 is 6.53. The summed E-state index contributed by atoms with van der Waals surface area (Å²) in [5.74, 6) is 0.825. The Hall–Kier alpha value is -12.1. The van der Waals surface area contributed by atoms with E-state index in [1.165, 1.54) is 81.8 Å². The molecule has 434 valence electrons. The molecule has 0 amide bonds. The predicted molar refractivity (Wildman–Crippen MR) is 387 cm³/mol. The number of para-hydroxylation sites is 9. The second kappa shape index (κ2) is 22.1. The molecule has 0 bridgehead atoms. The molecule has 5 heterocycles. The minimum atomic E-state index is 0.417. The summed E-state index contributed by atoms with van der Waals surface area (Å²) in [6, 6.07) is 102. The molecule has 0 saturated heterocycles. The Kier molecular flexibility index (Phi) is 12.8. The Balaban J connectivity index is 0.000000115. The zero-order valence-electron chi connectivity index (χ0n) is 50.2. The van der Waals surface area contributed by atoms with Crippen LogP contribution in [0.3, 0.4) is 0 Å². The third-order valence-corrected chi connectivity index (χ3v) is 18.6. The van der Waals surface area contributed by atoms with Crippen LogP contribution in [0.2, 0.25) is 5.15 Å². The number of hydrogen-bond acceptors (Lipinski definition) is 4. The summed E-state index contributed by atoms with van der Waals surface area (Å²) in [6.45, 7) is 0. The maximum Gasteiger partial charge on any atom is 0.165 e. The molecule has 8 heteroatoms. The van der Waals surface area contributed by atoms with Crippen molar-refractivity contribution in [2.75, 3.05) is 0 Å². The van der Waals surface area contributed by atoms with Gasteiger partial charge >= 0.3 is 0 Å². The maximum atomic E-state index is 6.53. The topological polar surface area (TPSA) is 66.3 Å². The van der Waals surface area contributed by atoms with Gasteiger partial charge in [-0.05, 0) is 142 Å². The molecule has 0 saturated carbocycles. The lowest BCUT2D eigenvalue weighted by Crippen LogP contribution is -2.03. The molecule has 20 rings (SSSR count). The van der Waals surface area contributed by atoms with Crippen LogP contribution >= 0.6 is 11.6 Å². The van der Waals surface area contributed by atoms with Crippen molar-refractivity contribution in [2.45, 2.75) is 6.42 Å². The second-order valence-electron chi connectivity index (χ2n) is 23.8. The lowest BCUT2D eigenvalue weighted by Gasteiger charge is -2.14. The van der Waals surface area contributed by atoms with E-state index in [0.29, 0.717) is 10.8 Å². The average Bonchev–Trinajstić information content (AvgIpc) is 1.61. The minimum absolute atomic E-state index is 0.417. The van der Waals surface area contributed by atoms with Gasteiger partial charge in [0, 0.05) is 72.9 Å². The van der Waals surface area contributed by atoms with Gasteiger partial charge in [0.25, 0.3) is 0 Å². The summed E-state index contributed by atoms with van der Waals surface area (Å²) in [5, 5.41) is 12.7. The van der Waals surface area contributed by atoms with E-state index in [1.807, 2.05) is 48.5 Å². The van der Waals surface area contributed by atoms with Crippen LogP contribution < -0.4 is 0 Å².